The van der Waals surface area contributed by atoms with Gasteiger partial charge in [-0.2, -0.15) is 4.31 Å². The van der Waals surface area contributed by atoms with Crippen molar-refractivity contribution in [3.8, 4) is 0 Å². The summed E-state index contributed by atoms with van der Waals surface area (Å²) >= 11 is 0. The number of hydrogen-bond donors (Lipinski definition) is 1. The van der Waals surface area contributed by atoms with Gasteiger partial charge in [-0.05, 0) is 37.0 Å². The van der Waals surface area contributed by atoms with Gasteiger partial charge in [-0.15, -0.1) is 0 Å². The minimum absolute atomic E-state index is 0.0875. The lowest BCUT2D eigenvalue weighted by Gasteiger charge is -2.37. The van der Waals surface area contributed by atoms with Crippen LogP contribution < -0.4 is 0 Å². The Kier molecular flexibility index (Phi) is 5.45. The maximum Gasteiger partial charge on any atom is 0.333 e. The van der Waals surface area contributed by atoms with Gasteiger partial charge in [0.25, 0.3) is 0 Å². The normalized spacial score (nSPS) is 20.5. The van der Waals surface area contributed by atoms with Crippen LogP contribution in [0.25, 0.3) is 0 Å². The molecule has 0 amide bonds. The van der Waals surface area contributed by atoms with Gasteiger partial charge in [-0.3, -0.25) is 0 Å². The molecule has 0 saturated carbocycles. The molecule has 3 rings (SSSR count). The Bertz CT molecular complexity index is 1050. The van der Waals surface area contributed by atoms with Crippen LogP contribution >= 0.6 is 0 Å². The molecule has 154 valence electrons. The van der Waals surface area contributed by atoms with Crippen molar-refractivity contribution in [2.24, 2.45) is 5.41 Å². The number of carboxylic acid groups (broad SMARTS) is 1. The van der Waals surface area contributed by atoms with E-state index < -0.39 is 33.5 Å². The summed E-state index contributed by atoms with van der Waals surface area (Å²) in [5.74, 6) is -1.11. The molecule has 1 aliphatic heterocycles. The summed E-state index contributed by atoms with van der Waals surface area (Å²) in [4.78, 5) is 12.3. The number of sulfonamides is 1. The molecular formula is C23H27NO4S. The van der Waals surface area contributed by atoms with Gasteiger partial charge in [0.1, 0.15) is 0 Å². The lowest BCUT2D eigenvalue weighted by Crippen LogP contribution is -2.45. The Morgan fingerprint density at radius 3 is 1.86 bits per heavy atom. The number of aryl methyl sites for hydroxylation is 2. The summed E-state index contributed by atoms with van der Waals surface area (Å²) in [6.07, 6.45) is 1.60. The predicted octanol–water partition coefficient (Wildman–Crippen LogP) is 4.47. The fraction of sp³-hybridized carbons (Fsp3) is 0.348. The van der Waals surface area contributed by atoms with Crippen molar-refractivity contribution in [1.29, 1.82) is 0 Å². The molecule has 2 atom stereocenters. The SMILES string of the molecule is Cc1ccc([C@@H]2C(C(=O)O)=C[C@H](C(C)(C)C)N2S(=O)(=O)c2ccc(C)cc2)cc1. The fourth-order valence-corrected chi connectivity index (χ4v) is 5.56. The first-order valence-electron chi connectivity index (χ1n) is 9.54. The van der Waals surface area contributed by atoms with E-state index >= 15 is 0 Å². The summed E-state index contributed by atoms with van der Waals surface area (Å²) in [6, 6.07) is 12.5. The van der Waals surface area contributed by atoms with Crippen LogP contribution in [-0.2, 0) is 14.8 Å². The second-order valence-electron chi connectivity index (χ2n) is 8.70. The Hall–Kier alpha value is -2.44. The van der Waals surface area contributed by atoms with Crippen LogP contribution in [0, 0.1) is 19.3 Å². The van der Waals surface area contributed by atoms with E-state index in [0.717, 1.165) is 11.1 Å². The monoisotopic (exact) mass is 413 g/mol. The highest BCUT2D eigenvalue weighted by Crippen LogP contribution is 2.46. The maximum absolute atomic E-state index is 13.7. The van der Waals surface area contributed by atoms with Crippen molar-refractivity contribution in [2.75, 3.05) is 0 Å². The minimum Gasteiger partial charge on any atom is -0.478 e. The molecule has 29 heavy (non-hydrogen) atoms. The minimum atomic E-state index is -3.94. The highest BCUT2D eigenvalue weighted by molar-refractivity contribution is 7.89. The van der Waals surface area contributed by atoms with Crippen LogP contribution in [0.3, 0.4) is 0 Å². The molecule has 1 N–H and O–H groups in total. The molecule has 0 spiro atoms. The van der Waals surface area contributed by atoms with Gasteiger partial charge >= 0.3 is 5.97 Å². The number of hydrogen-bond acceptors (Lipinski definition) is 3. The van der Waals surface area contributed by atoms with Crippen molar-refractivity contribution < 1.29 is 18.3 Å². The van der Waals surface area contributed by atoms with E-state index in [4.69, 9.17) is 0 Å². The largest absolute Gasteiger partial charge is 0.478 e. The molecule has 0 saturated heterocycles. The van der Waals surface area contributed by atoms with Crippen LogP contribution in [0.5, 0.6) is 0 Å². The average Bonchev–Trinajstić information content (AvgIpc) is 3.05. The van der Waals surface area contributed by atoms with Gasteiger partial charge in [-0.1, -0.05) is 74.4 Å². The molecule has 6 heteroatoms. The number of nitrogens with zero attached hydrogens (tertiary/aromatic N) is 1. The van der Waals surface area contributed by atoms with Crippen molar-refractivity contribution in [3.63, 3.8) is 0 Å². The third-order valence-corrected chi connectivity index (χ3v) is 7.15. The second-order valence-corrected chi connectivity index (χ2v) is 10.5. The quantitative estimate of drug-likeness (QED) is 0.802. The average molecular weight is 414 g/mol. The van der Waals surface area contributed by atoms with Crippen molar-refractivity contribution in [3.05, 3.63) is 76.9 Å². The smallest absolute Gasteiger partial charge is 0.333 e. The first-order valence-corrected chi connectivity index (χ1v) is 11.0. The summed E-state index contributed by atoms with van der Waals surface area (Å²) < 4.78 is 28.8. The molecule has 2 aromatic carbocycles. The van der Waals surface area contributed by atoms with Gasteiger partial charge in [0.2, 0.25) is 10.0 Å². The zero-order valence-corrected chi connectivity index (χ0v) is 18.2. The van der Waals surface area contributed by atoms with E-state index in [1.807, 2.05) is 46.8 Å². The van der Waals surface area contributed by atoms with E-state index in [1.54, 1.807) is 42.5 Å². The molecule has 1 heterocycles. The Labute approximate surface area is 172 Å². The van der Waals surface area contributed by atoms with Gasteiger partial charge in [0.05, 0.1) is 16.5 Å². The first kappa shape index (κ1) is 21.3. The number of carbonyl (C=O) groups is 1. The van der Waals surface area contributed by atoms with E-state index in [9.17, 15) is 18.3 Å². The zero-order chi connectivity index (χ0) is 21.6. The Balaban J connectivity index is 2.23. The number of benzene rings is 2. The molecule has 0 aromatic heterocycles. The van der Waals surface area contributed by atoms with Crippen LogP contribution in [0.4, 0.5) is 0 Å². The van der Waals surface area contributed by atoms with E-state index in [1.165, 1.54) is 4.31 Å². The van der Waals surface area contributed by atoms with Gasteiger partial charge < -0.3 is 5.11 Å². The summed E-state index contributed by atoms with van der Waals surface area (Å²) in [5, 5.41) is 9.88. The molecule has 0 bridgehead atoms. The molecular weight excluding hydrogens is 386 g/mol. The van der Waals surface area contributed by atoms with Gasteiger partial charge in [-0.25, -0.2) is 13.2 Å². The van der Waals surface area contributed by atoms with Gasteiger partial charge in [0.15, 0.2) is 0 Å². The Morgan fingerprint density at radius 1 is 0.931 bits per heavy atom. The first-order chi connectivity index (χ1) is 13.4. The molecule has 0 fully saturated rings. The second kappa shape index (κ2) is 7.43. The number of rotatable bonds is 4. The van der Waals surface area contributed by atoms with Crippen molar-refractivity contribution >= 4 is 16.0 Å². The zero-order valence-electron chi connectivity index (χ0n) is 17.4. The van der Waals surface area contributed by atoms with E-state index in [2.05, 4.69) is 0 Å². The van der Waals surface area contributed by atoms with Crippen molar-refractivity contribution in [1.82, 2.24) is 4.31 Å². The Morgan fingerprint density at radius 2 is 1.41 bits per heavy atom. The highest BCUT2D eigenvalue weighted by atomic mass is 32.2. The standard InChI is InChI=1S/C23H27NO4S/c1-15-6-10-17(11-7-15)21-19(22(25)26)14-20(23(3,4)5)24(21)29(27,28)18-12-8-16(2)9-13-18/h6-14,20-21H,1-5H3,(H,25,26)/t20-,21-/m1/s1. The third kappa shape index (κ3) is 4.00. The van der Waals surface area contributed by atoms with Crippen molar-refractivity contribution in [2.45, 2.75) is 51.6 Å². The van der Waals surface area contributed by atoms with Crippen LogP contribution in [0.2, 0.25) is 0 Å². The molecule has 0 aliphatic carbocycles. The predicted molar refractivity (Wildman–Crippen MR) is 113 cm³/mol. The van der Waals surface area contributed by atoms with Crippen LogP contribution in [0.15, 0.2) is 65.1 Å². The lowest BCUT2D eigenvalue weighted by atomic mass is 9.87. The van der Waals surface area contributed by atoms with E-state index in [-0.39, 0.29) is 10.5 Å². The molecule has 5 nitrogen and oxygen atoms in total. The highest BCUT2D eigenvalue weighted by Gasteiger charge is 2.49. The molecule has 0 unspecified atom stereocenters. The number of aliphatic carboxylic acids is 1. The topological polar surface area (TPSA) is 74.7 Å². The summed E-state index contributed by atoms with van der Waals surface area (Å²) in [7, 11) is -3.94. The fourth-order valence-electron chi connectivity index (χ4n) is 3.65. The van der Waals surface area contributed by atoms with E-state index in [0.29, 0.717) is 5.56 Å². The lowest BCUT2D eigenvalue weighted by molar-refractivity contribution is -0.133. The maximum atomic E-state index is 13.7. The molecule has 2 aromatic rings. The summed E-state index contributed by atoms with van der Waals surface area (Å²) in [5.41, 5.74) is 2.22. The summed E-state index contributed by atoms with van der Waals surface area (Å²) in [6.45, 7) is 9.59. The molecule has 0 radical (unpaired) electrons. The van der Waals surface area contributed by atoms with Crippen LogP contribution in [0.1, 0.15) is 43.5 Å². The van der Waals surface area contributed by atoms with Gasteiger partial charge in [0, 0.05) is 6.04 Å². The number of carboxylic acids is 1. The molecule has 1 aliphatic rings. The van der Waals surface area contributed by atoms with Crippen LogP contribution in [-0.4, -0.2) is 29.8 Å². The third-order valence-electron chi connectivity index (χ3n) is 5.28.